The third-order valence-corrected chi connectivity index (χ3v) is 6.44. The lowest BCUT2D eigenvalue weighted by molar-refractivity contribution is 0.0663. The molecule has 3 heteroatoms. The van der Waals surface area contributed by atoms with Crippen molar-refractivity contribution in [3.05, 3.63) is 66.0 Å². The average Bonchev–Trinajstić information content (AvgIpc) is 2.96. The Balaban J connectivity index is 1.53. The number of hydrogen-bond acceptors (Lipinski definition) is 3. The molecule has 4 rings (SSSR count). The quantitative estimate of drug-likeness (QED) is 0.897. The molecule has 0 unspecified atom stereocenters. The van der Waals surface area contributed by atoms with E-state index in [1.165, 1.54) is 49.8 Å². The molecule has 2 fully saturated rings. The summed E-state index contributed by atoms with van der Waals surface area (Å²) in [5, 5.41) is 4.01. The van der Waals surface area contributed by atoms with E-state index in [0.717, 1.165) is 13.0 Å². The van der Waals surface area contributed by atoms with Crippen LogP contribution in [0.2, 0.25) is 0 Å². The van der Waals surface area contributed by atoms with Crippen molar-refractivity contribution < 1.29 is 0 Å². The Morgan fingerprint density at radius 1 is 1.04 bits per heavy atom. The Hall–Kier alpha value is -1.71. The van der Waals surface area contributed by atoms with Crippen molar-refractivity contribution in [3.8, 4) is 0 Å². The summed E-state index contributed by atoms with van der Waals surface area (Å²) < 4.78 is 0. The van der Waals surface area contributed by atoms with Crippen LogP contribution in [0.5, 0.6) is 0 Å². The predicted molar refractivity (Wildman–Crippen MR) is 107 cm³/mol. The van der Waals surface area contributed by atoms with Gasteiger partial charge in [-0.15, -0.1) is 0 Å². The van der Waals surface area contributed by atoms with E-state index in [0.29, 0.717) is 12.1 Å². The highest BCUT2D eigenvalue weighted by Crippen LogP contribution is 2.37. The first-order valence-electron chi connectivity index (χ1n) is 10.2. The molecule has 0 saturated carbocycles. The zero-order valence-electron chi connectivity index (χ0n) is 15.9. The average molecular weight is 350 g/mol. The molecule has 0 bridgehead atoms. The fraction of sp³-hybridized carbons (Fsp3) is 0.522. The van der Waals surface area contributed by atoms with Gasteiger partial charge in [0.05, 0.1) is 0 Å². The number of benzene rings is 1. The number of likely N-dealkylation sites (tertiary alicyclic amines) is 1. The minimum atomic E-state index is 0.239. The number of nitrogens with zero attached hydrogens (tertiary/aromatic N) is 2. The number of aromatic nitrogens is 1. The molecule has 0 aliphatic carbocycles. The maximum absolute atomic E-state index is 4.18. The zero-order valence-corrected chi connectivity index (χ0v) is 15.9. The van der Waals surface area contributed by atoms with Crippen LogP contribution in [0.4, 0.5) is 0 Å². The van der Waals surface area contributed by atoms with Gasteiger partial charge in [-0.3, -0.25) is 9.88 Å². The maximum Gasteiger partial charge on any atom is 0.0352 e. The van der Waals surface area contributed by atoms with Crippen LogP contribution < -0.4 is 5.32 Å². The second-order valence-electron chi connectivity index (χ2n) is 8.29. The molecule has 1 N–H and O–H groups in total. The van der Waals surface area contributed by atoms with E-state index in [1.54, 1.807) is 0 Å². The monoisotopic (exact) mass is 349 g/mol. The first-order chi connectivity index (χ1) is 12.7. The third-order valence-electron chi connectivity index (χ3n) is 6.44. The minimum absolute atomic E-state index is 0.239. The van der Waals surface area contributed by atoms with Gasteiger partial charge >= 0.3 is 0 Å². The van der Waals surface area contributed by atoms with Crippen molar-refractivity contribution in [3.63, 3.8) is 0 Å². The van der Waals surface area contributed by atoms with Crippen molar-refractivity contribution in [2.45, 2.75) is 69.6 Å². The van der Waals surface area contributed by atoms with Crippen LogP contribution >= 0.6 is 0 Å². The molecule has 138 valence electrons. The summed E-state index contributed by atoms with van der Waals surface area (Å²) in [5.74, 6) is 0. The summed E-state index contributed by atoms with van der Waals surface area (Å²) in [5.41, 5.74) is 3.07. The third kappa shape index (κ3) is 3.84. The molecule has 3 atom stereocenters. The summed E-state index contributed by atoms with van der Waals surface area (Å²) in [6.45, 7) is 4.74. The SMILES string of the molecule is C[C@]12C[C@@H](Cc3ccccc3)N[C@H]1CCCCCN2Cc1ccncc1. The van der Waals surface area contributed by atoms with Crippen LogP contribution in [0.15, 0.2) is 54.9 Å². The Kier molecular flexibility index (Phi) is 5.37. The summed E-state index contributed by atoms with van der Waals surface area (Å²) in [7, 11) is 0. The van der Waals surface area contributed by atoms with Gasteiger partial charge in [-0.05, 0) is 62.4 Å². The van der Waals surface area contributed by atoms with Crippen LogP contribution in [-0.4, -0.2) is 34.1 Å². The topological polar surface area (TPSA) is 28.2 Å². The molecule has 3 nitrogen and oxygen atoms in total. The maximum atomic E-state index is 4.18. The second kappa shape index (κ2) is 7.89. The van der Waals surface area contributed by atoms with Crippen LogP contribution in [0.25, 0.3) is 0 Å². The van der Waals surface area contributed by atoms with Crippen LogP contribution in [0.3, 0.4) is 0 Å². The van der Waals surface area contributed by atoms with Gasteiger partial charge in [0.15, 0.2) is 0 Å². The molecule has 2 aliphatic rings. The van der Waals surface area contributed by atoms with Crippen molar-refractivity contribution in [1.82, 2.24) is 15.2 Å². The normalized spacial score (nSPS) is 29.7. The lowest BCUT2D eigenvalue weighted by Gasteiger charge is -2.44. The fourth-order valence-corrected chi connectivity index (χ4v) is 4.99. The van der Waals surface area contributed by atoms with Crippen molar-refractivity contribution >= 4 is 0 Å². The summed E-state index contributed by atoms with van der Waals surface area (Å²) in [6.07, 6.45) is 11.5. The smallest absolute Gasteiger partial charge is 0.0352 e. The van der Waals surface area contributed by atoms with E-state index >= 15 is 0 Å². The summed E-state index contributed by atoms with van der Waals surface area (Å²) in [4.78, 5) is 6.94. The van der Waals surface area contributed by atoms with Gasteiger partial charge in [-0.2, -0.15) is 0 Å². The largest absolute Gasteiger partial charge is 0.309 e. The summed E-state index contributed by atoms with van der Waals surface area (Å²) >= 11 is 0. The van der Waals surface area contributed by atoms with Gasteiger partial charge in [-0.1, -0.05) is 43.2 Å². The van der Waals surface area contributed by atoms with Gasteiger partial charge in [0.25, 0.3) is 0 Å². The van der Waals surface area contributed by atoms with E-state index in [2.05, 4.69) is 64.6 Å². The second-order valence-corrected chi connectivity index (χ2v) is 8.29. The minimum Gasteiger partial charge on any atom is -0.309 e. The molecule has 26 heavy (non-hydrogen) atoms. The van der Waals surface area contributed by atoms with Gasteiger partial charge in [0.1, 0.15) is 0 Å². The van der Waals surface area contributed by atoms with Crippen LogP contribution in [-0.2, 0) is 13.0 Å². The van der Waals surface area contributed by atoms with Crippen molar-refractivity contribution in [2.24, 2.45) is 0 Å². The molecule has 0 spiro atoms. The molecule has 2 saturated heterocycles. The molecule has 2 aromatic rings. The van der Waals surface area contributed by atoms with E-state index in [1.807, 2.05) is 12.4 Å². The Bertz CT molecular complexity index is 687. The fourth-order valence-electron chi connectivity index (χ4n) is 4.99. The van der Waals surface area contributed by atoms with Crippen LogP contribution in [0.1, 0.15) is 50.2 Å². The van der Waals surface area contributed by atoms with Gasteiger partial charge in [0, 0.05) is 36.6 Å². The molecule has 2 aliphatic heterocycles. The first-order valence-corrected chi connectivity index (χ1v) is 10.2. The van der Waals surface area contributed by atoms with E-state index in [4.69, 9.17) is 0 Å². The highest BCUT2D eigenvalue weighted by molar-refractivity contribution is 5.19. The number of nitrogens with one attached hydrogen (secondary N) is 1. The van der Waals surface area contributed by atoms with Gasteiger partial charge < -0.3 is 5.32 Å². The predicted octanol–water partition coefficient (Wildman–Crippen LogP) is 4.19. The van der Waals surface area contributed by atoms with Gasteiger partial charge in [0.2, 0.25) is 0 Å². The summed E-state index contributed by atoms with van der Waals surface area (Å²) in [6, 6.07) is 16.5. The molecular formula is C23H31N3. The lowest BCUT2D eigenvalue weighted by atomic mass is 9.83. The van der Waals surface area contributed by atoms with Crippen molar-refractivity contribution in [2.75, 3.05) is 6.54 Å². The number of pyridine rings is 1. The standard InChI is InChI=1S/C23H31N3/c1-23-17-21(16-19-8-4-2-5-9-19)25-22(23)10-6-3-7-15-26(23)18-20-11-13-24-14-12-20/h2,4-5,8-9,11-14,21-22,25H,3,6-7,10,15-18H2,1H3/t21-,22+,23+/m1/s1. The highest BCUT2D eigenvalue weighted by atomic mass is 15.3. The Morgan fingerprint density at radius 3 is 2.65 bits per heavy atom. The van der Waals surface area contributed by atoms with Gasteiger partial charge in [-0.25, -0.2) is 0 Å². The molecular weight excluding hydrogens is 318 g/mol. The number of fused-ring (bicyclic) bond motifs is 1. The lowest BCUT2D eigenvalue weighted by Crippen LogP contribution is -2.54. The zero-order chi connectivity index (χ0) is 17.8. The number of hydrogen-bond donors (Lipinski definition) is 1. The van der Waals surface area contributed by atoms with E-state index in [-0.39, 0.29) is 5.54 Å². The van der Waals surface area contributed by atoms with E-state index < -0.39 is 0 Å². The Morgan fingerprint density at radius 2 is 1.85 bits per heavy atom. The van der Waals surface area contributed by atoms with Crippen molar-refractivity contribution in [1.29, 1.82) is 0 Å². The van der Waals surface area contributed by atoms with E-state index in [9.17, 15) is 0 Å². The first kappa shape index (κ1) is 17.7. The van der Waals surface area contributed by atoms with Crippen LogP contribution in [0, 0.1) is 0 Å². The Labute approximate surface area is 157 Å². The molecule has 1 aromatic heterocycles. The molecule has 0 radical (unpaired) electrons. The highest BCUT2D eigenvalue weighted by Gasteiger charge is 2.47. The molecule has 3 heterocycles. The number of rotatable bonds is 4. The molecule has 1 aromatic carbocycles. The molecule has 0 amide bonds.